The van der Waals surface area contributed by atoms with E-state index in [1.165, 1.54) is 0 Å². The van der Waals surface area contributed by atoms with Crippen molar-refractivity contribution in [3.05, 3.63) is 34.0 Å². The van der Waals surface area contributed by atoms with Gasteiger partial charge in [-0.05, 0) is 19.1 Å². The molecule has 2 aliphatic heterocycles. The predicted octanol–water partition coefficient (Wildman–Crippen LogP) is 0.927. The van der Waals surface area contributed by atoms with Gasteiger partial charge in [0, 0.05) is 64.0 Å². The van der Waals surface area contributed by atoms with Gasteiger partial charge >= 0.3 is 0 Å². The second kappa shape index (κ2) is 9.78. The van der Waals surface area contributed by atoms with Gasteiger partial charge in [-0.2, -0.15) is 0 Å². The van der Waals surface area contributed by atoms with Gasteiger partial charge in [0.25, 0.3) is 0 Å². The van der Waals surface area contributed by atoms with E-state index in [1.807, 2.05) is 17.9 Å². The highest BCUT2D eigenvalue weighted by Gasteiger charge is 2.18. The van der Waals surface area contributed by atoms with E-state index in [9.17, 15) is 4.79 Å². The third kappa shape index (κ3) is 4.78. The van der Waals surface area contributed by atoms with Gasteiger partial charge < -0.3 is 23.9 Å². The van der Waals surface area contributed by atoms with Crippen LogP contribution >= 0.6 is 0 Å². The maximum Gasteiger partial charge on any atom is 0.200 e. The van der Waals surface area contributed by atoms with Crippen molar-refractivity contribution in [3.8, 4) is 5.75 Å². The summed E-state index contributed by atoms with van der Waals surface area (Å²) < 4.78 is 17.6. The highest BCUT2D eigenvalue weighted by atomic mass is 16.5. The van der Waals surface area contributed by atoms with Crippen molar-refractivity contribution in [2.24, 2.45) is 0 Å². The number of aliphatic hydroxyl groups excluding tert-OH is 1. The number of hydrogen-bond donors (Lipinski definition) is 1. The van der Waals surface area contributed by atoms with Gasteiger partial charge in [0.1, 0.15) is 17.9 Å². The molecule has 1 aromatic carbocycles. The number of hydrogen-bond acceptors (Lipinski definition) is 8. The SMILES string of the molecule is Cc1c(OCCN2CCN(CCO)CC2)ccc2c(=O)cc(N3CCOCC3)oc12. The van der Waals surface area contributed by atoms with Crippen LogP contribution in [-0.4, -0.2) is 93.7 Å². The molecule has 1 aromatic heterocycles. The lowest BCUT2D eigenvalue weighted by Gasteiger charge is -2.34. The van der Waals surface area contributed by atoms with Gasteiger partial charge in [0.2, 0.25) is 0 Å². The van der Waals surface area contributed by atoms with Crippen molar-refractivity contribution in [1.82, 2.24) is 9.80 Å². The molecule has 8 heteroatoms. The minimum Gasteiger partial charge on any atom is -0.492 e. The third-order valence-electron chi connectivity index (χ3n) is 5.95. The van der Waals surface area contributed by atoms with E-state index in [0.717, 1.165) is 63.7 Å². The molecular formula is C22H31N3O5. The predicted molar refractivity (Wildman–Crippen MR) is 116 cm³/mol. The Morgan fingerprint density at radius 1 is 1.03 bits per heavy atom. The van der Waals surface area contributed by atoms with Gasteiger partial charge in [0.15, 0.2) is 11.3 Å². The maximum atomic E-state index is 12.6. The van der Waals surface area contributed by atoms with Crippen LogP contribution < -0.4 is 15.1 Å². The average molecular weight is 418 g/mol. The zero-order chi connectivity index (χ0) is 20.9. The number of aliphatic hydroxyl groups is 1. The minimum atomic E-state index is -0.0341. The lowest BCUT2D eigenvalue weighted by molar-refractivity contribution is 0.101. The summed E-state index contributed by atoms with van der Waals surface area (Å²) >= 11 is 0. The first-order valence-corrected chi connectivity index (χ1v) is 10.7. The Kier molecular flexibility index (Phi) is 6.89. The number of nitrogens with zero attached hydrogens (tertiary/aromatic N) is 3. The van der Waals surface area contributed by atoms with E-state index >= 15 is 0 Å². The van der Waals surface area contributed by atoms with Crippen molar-refractivity contribution in [3.63, 3.8) is 0 Å². The quantitative estimate of drug-likeness (QED) is 0.713. The molecule has 0 amide bonds. The fraction of sp³-hybridized carbons (Fsp3) is 0.591. The van der Waals surface area contributed by atoms with Crippen LogP contribution in [0.4, 0.5) is 5.88 Å². The summed E-state index contributed by atoms with van der Waals surface area (Å²) in [6.45, 7) is 11.0. The molecule has 30 heavy (non-hydrogen) atoms. The minimum absolute atomic E-state index is 0.0341. The molecule has 0 atom stereocenters. The molecule has 2 fully saturated rings. The number of anilines is 1. The Morgan fingerprint density at radius 3 is 2.43 bits per heavy atom. The summed E-state index contributed by atoms with van der Waals surface area (Å²) in [4.78, 5) is 19.3. The first-order valence-electron chi connectivity index (χ1n) is 10.7. The van der Waals surface area contributed by atoms with E-state index in [0.29, 0.717) is 36.7 Å². The van der Waals surface area contributed by atoms with Crippen molar-refractivity contribution in [2.75, 3.05) is 83.7 Å². The smallest absolute Gasteiger partial charge is 0.200 e. The Bertz CT molecular complexity index is 902. The third-order valence-corrected chi connectivity index (χ3v) is 5.95. The number of β-amino-alcohol motifs (C(OH)–C–C–N with tert-alkyl or cyclic N) is 1. The number of piperazine rings is 1. The summed E-state index contributed by atoms with van der Waals surface area (Å²) in [5.41, 5.74) is 1.42. The average Bonchev–Trinajstić information content (AvgIpc) is 2.77. The summed E-state index contributed by atoms with van der Waals surface area (Å²) in [5, 5.41) is 9.63. The number of ether oxygens (including phenoxy) is 2. The Labute approximate surface area is 176 Å². The maximum absolute atomic E-state index is 12.6. The summed E-state index contributed by atoms with van der Waals surface area (Å²) in [6.07, 6.45) is 0. The van der Waals surface area contributed by atoms with E-state index < -0.39 is 0 Å². The monoisotopic (exact) mass is 417 g/mol. The van der Waals surface area contributed by atoms with Crippen molar-refractivity contribution >= 4 is 16.9 Å². The second-order valence-electron chi connectivity index (χ2n) is 7.87. The first kappa shape index (κ1) is 21.1. The van der Waals surface area contributed by atoms with Crippen LogP contribution in [0.2, 0.25) is 0 Å². The van der Waals surface area contributed by atoms with Crippen LogP contribution in [-0.2, 0) is 4.74 Å². The number of rotatable bonds is 7. The fourth-order valence-electron chi connectivity index (χ4n) is 4.08. The van der Waals surface area contributed by atoms with Crippen LogP contribution in [0.1, 0.15) is 5.56 Å². The highest BCUT2D eigenvalue weighted by molar-refractivity contribution is 5.82. The first-order chi connectivity index (χ1) is 14.7. The Hall–Kier alpha value is -2.13. The molecule has 0 radical (unpaired) electrons. The molecule has 3 heterocycles. The normalized spacial score (nSPS) is 18.8. The van der Waals surface area contributed by atoms with Crippen molar-refractivity contribution in [2.45, 2.75) is 6.92 Å². The molecule has 164 valence electrons. The molecular weight excluding hydrogens is 386 g/mol. The zero-order valence-electron chi connectivity index (χ0n) is 17.6. The molecule has 1 N–H and O–H groups in total. The number of benzene rings is 1. The molecule has 2 saturated heterocycles. The molecule has 2 aromatic rings. The van der Waals surface area contributed by atoms with Crippen LogP contribution in [0.3, 0.4) is 0 Å². The van der Waals surface area contributed by atoms with Crippen LogP contribution in [0.15, 0.2) is 27.4 Å². The van der Waals surface area contributed by atoms with E-state index in [1.54, 1.807) is 12.1 Å². The molecule has 0 spiro atoms. The standard InChI is InChI=1S/C22H31N3O5/c1-17-20(29-15-9-24-6-4-23(5-7-24)8-12-26)3-2-18-19(27)16-21(30-22(17)18)25-10-13-28-14-11-25/h2-3,16,26H,4-15H2,1H3. The van der Waals surface area contributed by atoms with E-state index in [-0.39, 0.29) is 12.0 Å². The highest BCUT2D eigenvalue weighted by Crippen LogP contribution is 2.29. The summed E-state index contributed by atoms with van der Waals surface area (Å²) in [5.74, 6) is 1.35. The summed E-state index contributed by atoms with van der Waals surface area (Å²) in [7, 11) is 0. The molecule has 0 saturated carbocycles. The lowest BCUT2D eigenvalue weighted by Crippen LogP contribution is -2.48. The molecule has 8 nitrogen and oxygen atoms in total. The fourth-order valence-corrected chi connectivity index (χ4v) is 4.08. The molecule has 0 bridgehead atoms. The topological polar surface area (TPSA) is 78.6 Å². The Morgan fingerprint density at radius 2 is 1.73 bits per heavy atom. The molecule has 4 rings (SSSR count). The molecule has 2 aliphatic rings. The second-order valence-corrected chi connectivity index (χ2v) is 7.87. The van der Waals surface area contributed by atoms with Crippen molar-refractivity contribution < 1.29 is 19.0 Å². The van der Waals surface area contributed by atoms with Crippen LogP contribution in [0.25, 0.3) is 11.0 Å². The lowest BCUT2D eigenvalue weighted by atomic mass is 10.1. The van der Waals surface area contributed by atoms with E-state index in [4.69, 9.17) is 19.0 Å². The van der Waals surface area contributed by atoms with E-state index in [2.05, 4.69) is 9.80 Å². The van der Waals surface area contributed by atoms with Gasteiger partial charge in [-0.25, -0.2) is 0 Å². The Balaban J connectivity index is 1.42. The van der Waals surface area contributed by atoms with Gasteiger partial charge in [-0.1, -0.05) is 0 Å². The van der Waals surface area contributed by atoms with Crippen LogP contribution in [0, 0.1) is 6.92 Å². The van der Waals surface area contributed by atoms with Gasteiger partial charge in [0.05, 0.1) is 25.2 Å². The summed E-state index contributed by atoms with van der Waals surface area (Å²) in [6, 6.07) is 5.23. The number of aryl methyl sites for hydroxylation is 1. The van der Waals surface area contributed by atoms with Crippen LogP contribution in [0.5, 0.6) is 5.75 Å². The van der Waals surface area contributed by atoms with Crippen molar-refractivity contribution in [1.29, 1.82) is 0 Å². The molecule has 0 unspecified atom stereocenters. The van der Waals surface area contributed by atoms with Gasteiger partial charge in [-0.15, -0.1) is 0 Å². The van der Waals surface area contributed by atoms with Gasteiger partial charge in [-0.3, -0.25) is 14.6 Å². The number of morpholine rings is 1. The largest absolute Gasteiger partial charge is 0.492 e. The number of fused-ring (bicyclic) bond motifs is 1. The zero-order valence-corrected chi connectivity index (χ0v) is 17.6. The molecule has 0 aliphatic carbocycles.